The minimum atomic E-state index is 0.500. The fraction of sp³-hybridized carbons (Fsp3) is 0.708. The van der Waals surface area contributed by atoms with Crippen molar-refractivity contribution in [2.45, 2.75) is 51.6 Å². The van der Waals surface area contributed by atoms with E-state index < -0.39 is 0 Å². The molecule has 1 aromatic rings. The Balaban J connectivity index is 1.30. The highest BCUT2D eigenvalue weighted by atomic mass is 16.5. The molecule has 2 aliphatic rings. The Bertz CT molecular complexity index is 596. The Hall–Kier alpha value is -1.63. The summed E-state index contributed by atoms with van der Waals surface area (Å²) in [6, 6.07) is 11.3. The quantitative estimate of drug-likeness (QED) is 0.349. The van der Waals surface area contributed by atoms with E-state index in [1.165, 1.54) is 5.56 Å². The van der Waals surface area contributed by atoms with E-state index in [9.17, 15) is 0 Å². The molecule has 3 rings (SSSR count). The molecular formula is C24H40N4O2. The minimum absolute atomic E-state index is 0.500. The second-order valence-electron chi connectivity index (χ2n) is 8.43. The summed E-state index contributed by atoms with van der Waals surface area (Å²) >= 11 is 0. The highest BCUT2D eigenvalue weighted by molar-refractivity contribution is 5.80. The minimum Gasteiger partial charge on any atom is -0.381 e. The highest BCUT2D eigenvalue weighted by Crippen LogP contribution is 2.15. The van der Waals surface area contributed by atoms with Gasteiger partial charge in [0.2, 0.25) is 0 Å². The number of likely N-dealkylation sites (tertiary alicyclic amines) is 1. The predicted molar refractivity (Wildman–Crippen MR) is 123 cm³/mol. The van der Waals surface area contributed by atoms with Crippen molar-refractivity contribution in [1.82, 2.24) is 15.5 Å². The van der Waals surface area contributed by atoms with Crippen LogP contribution in [0.5, 0.6) is 0 Å². The number of rotatable bonds is 10. The van der Waals surface area contributed by atoms with Gasteiger partial charge in [0.25, 0.3) is 0 Å². The van der Waals surface area contributed by atoms with Gasteiger partial charge in [-0.05, 0) is 50.5 Å². The first kappa shape index (κ1) is 23.0. The monoisotopic (exact) mass is 416 g/mol. The van der Waals surface area contributed by atoms with Gasteiger partial charge in [-0.1, -0.05) is 30.3 Å². The van der Waals surface area contributed by atoms with Crippen molar-refractivity contribution in [2.75, 3.05) is 52.6 Å². The number of hydrogen-bond donors (Lipinski definition) is 2. The molecule has 0 bridgehead atoms. The van der Waals surface area contributed by atoms with Crippen LogP contribution < -0.4 is 10.6 Å². The maximum absolute atomic E-state index is 5.85. The van der Waals surface area contributed by atoms with Crippen LogP contribution in [0.3, 0.4) is 0 Å². The van der Waals surface area contributed by atoms with E-state index in [0.29, 0.717) is 12.0 Å². The van der Waals surface area contributed by atoms with Gasteiger partial charge in [0.15, 0.2) is 5.96 Å². The van der Waals surface area contributed by atoms with Crippen LogP contribution in [0.15, 0.2) is 35.3 Å². The number of nitrogens with zero attached hydrogens (tertiary/aromatic N) is 2. The van der Waals surface area contributed by atoms with Gasteiger partial charge in [0.05, 0.1) is 0 Å². The summed E-state index contributed by atoms with van der Waals surface area (Å²) in [4.78, 5) is 7.31. The van der Waals surface area contributed by atoms with Crippen molar-refractivity contribution in [3.05, 3.63) is 35.9 Å². The zero-order chi connectivity index (χ0) is 20.9. The molecule has 0 unspecified atom stereocenters. The summed E-state index contributed by atoms with van der Waals surface area (Å²) in [5, 5.41) is 7.04. The second kappa shape index (κ2) is 13.6. The van der Waals surface area contributed by atoms with Crippen molar-refractivity contribution < 1.29 is 9.47 Å². The first-order valence-electron chi connectivity index (χ1n) is 11.8. The molecule has 0 amide bonds. The van der Waals surface area contributed by atoms with Crippen molar-refractivity contribution >= 4 is 5.96 Å². The molecule has 1 aromatic carbocycles. The molecule has 2 fully saturated rings. The topological polar surface area (TPSA) is 58.1 Å². The van der Waals surface area contributed by atoms with Gasteiger partial charge >= 0.3 is 0 Å². The van der Waals surface area contributed by atoms with Crippen LogP contribution in [0, 0.1) is 5.92 Å². The molecule has 6 nitrogen and oxygen atoms in total. The summed E-state index contributed by atoms with van der Waals surface area (Å²) in [7, 11) is 0. The second-order valence-corrected chi connectivity index (χ2v) is 8.43. The molecule has 2 N–H and O–H groups in total. The molecule has 2 saturated heterocycles. The van der Waals surface area contributed by atoms with Crippen LogP contribution in [-0.2, 0) is 16.0 Å². The van der Waals surface area contributed by atoms with Gasteiger partial charge in [-0.2, -0.15) is 0 Å². The molecule has 0 saturated carbocycles. The molecule has 0 spiro atoms. The summed E-state index contributed by atoms with van der Waals surface area (Å²) in [6.07, 6.45) is 5.56. The molecule has 0 radical (unpaired) electrons. The standard InChI is InChI=1S/C24H40N4O2/c1-2-25-24(26-13-6-16-30-20-22-11-17-29-18-12-22)27-23-9-14-28(15-10-23)19-21-7-4-3-5-8-21/h3-5,7-8,22-23H,2,6,9-20H2,1H3,(H2,25,26,27). The number of benzene rings is 1. The van der Waals surface area contributed by atoms with Crippen molar-refractivity contribution in [3.8, 4) is 0 Å². The molecule has 6 heteroatoms. The van der Waals surface area contributed by atoms with Crippen LogP contribution >= 0.6 is 0 Å². The molecule has 2 aliphatic heterocycles. The van der Waals surface area contributed by atoms with E-state index in [1.807, 2.05) is 0 Å². The van der Waals surface area contributed by atoms with Crippen LogP contribution in [0.2, 0.25) is 0 Å². The molecular weight excluding hydrogens is 376 g/mol. The van der Waals surface area contributed by atoms with Crippen LogP contribution in [-0.4, -0.2) is 69.5 Å². The normalized spacial score (nSPS) is 19.7. The Morgan fingerprint density at radius 2 is 1.90 bits per heavy atom. The summed E-state index contributed by atoms with van der Waals surface area (Å²) in [6.45, 7) is 10.6. The summed E-state index contributed by atoms with van der Waals surface area (Å²) in [5.41, 5.74) is 1.40. The molecule has 0 atom stereocenters. The number of hydrogen-bond acceptors (Lipinski definition) is 4. The van der Waals surface area contributed by atoms with E-state index in [4.69, 9.17) is 14.5 Å². The highest BCUT2D eigenvalue weighted by Gasteiger charge is 2.20. The van der Waals surface area contributed by atoms with E-state index in [-0.39, 0.29) is 0 Å². The number of guanidine groups is 1. The Kier molecular flexibility index (Phi) is 10.5. The van der Waals surface area contributed by atoms with E-state index in [1.54, 1.807) is 0 Å². The number of aliphatic imine (C=N–C) groups is 1. The Labute approximate surface area is 182 Å². The maximum atomic E-state index is 5.85. The van der Waals surface area contributed by atoms with Gasteiger partial charge in [-0.3, -0.25) is 9.89 Å². The van der Waals surface area contributed by atoms with Gasteiger partial charge in [-0.25, -0.2) is 0 Å². The number of nitrogens with one attached hydrogen (secondary N) is 2. The largest absolute Gasteiger partial charge is 0.381 e. The van der Waals surface area contributed by atoms with Crippen molar-refractivity contribution in [3.63, 3.8) is 0 Å². The Morgan fingerprint density at radius 1 is 1.13 bits per heavy atom. The molecule has 0 aliphatic carbocycles. The zero-order valence-electron chi connectivity index (χ0n) is 18.7. The van der Waals surface area contributed by atoms with Crippen LogP contribution in [0.1, 0.15) is 44.6 Å². The summed E-state index contributed by atoms with van der Waals surface area (Å²) < 4.78 is 11.3. The van der Waals surface area contributed by atoms with Gasteiger partial charge in [0, 0.05) is 65.2 Å². The molecule has 2 heterocycles. The predicted octanol–water partition coefficient (Wildman–Crippen LogP) is 3.04. The van der Waals surface area contributed by atoms with Gasteiger partial charge < -0.3 is 20.1 Å². The third-order valence-corrected chi connectivity index (χ3v) is 5.93. The third kappa shape index (κ3) is 8.62. The Morgan fingerprint density at radius 3 is 2.63 bits per heavy atom. The smallest absolute Gasteiger partial charge is 0.191 e. The van der Waals surface area contributed by atoms with Gasteiger partial charge in [-0.15, -0.1) is 0 Å². The molecule has 30 heavy (non-hydrogen) atoms. The lowest BCUT2D eigenvalue weighted by molar-refractivity contribution is 0.0205. The van der Waals surface area contributed by atoms with E-state index in [0.717, 1.165) is 97.2 Å². The average molecular weight is 417 g/mol. The fourth-order valence-corrected chi connectivity index (χ4v) is 4.11. The van der Waals surface area contributed by atoms with Crippen LogP contribution in [0.25, 0.3) is 0 Å². The summed E-state index contributed by atoms with van der Waals surface area (Å²) in [5.74, 6) is 1.62. The third-order valence-electron chi connectivity index (χ3n) is 5.93. The maximum Gasteiger partial charge on any atom is 0.191 e. The molecule has 168 valence electrons. The number of piperidine rings is 1. The average Bonchev–Trinajstić information content (AvgIpc) is 2.79. The zero-order valence-corrected chi connectivity index (χ0v) is 18.7. The lowest BCUT2D eigenvalue weighted by Crippen LogP contribution is -2.48. The van der Waals surface area contributed by atoms with Crippen molar-refractivity contribution in [2.24, 2.45) is 10.9 Å². The SMILES string of the molecule is CCNC(=NCCCOCC1CCOCC1)NC1CCN(Cc2ccccc2)CC1. The molecule has 0 aromatic heterocycles. The van der Waals surface area contributed by atoms with Crippen molar-refractivity contribution in [1.29, 1.82) is 0 Å². The first-order chi connectivity index (χ1) is 14.8. The van der Waals surface area contributed by atoms with Gasteiger partial charge in [0.1, 0.15) is 0 Å². The first-order valence-corrected chi connectivity index (χ1v) is 11.8. The van der Waals surface area contributed by atoms with E-state index in [2.05, 4.69) is 52.8 Å². The van der Waals surface area contributed by atoms with Crippen LogP contribution in [0.4, 0.5) is 0 Å². The lowest BCUT2D eigenvalue weighted by Gasteiger charge is -2.33. The lowest BCUT2D eigenvalue weighted by atomic mass is 10.0. The fourth-order valence-electron chi connectivity index (χ4n) is 4.11. The number of ether oxygens (including phenoxy) is 2. The van der Waals surface area contributed by atoms with E-state index >= 15 is 0 Å².